The molecule has 0 radical (unpaired) electrons. The predicted molar refractivity (Wildman–Crippen MR) is 83.9 cm³/mol. The number of hydrogen-bond donors (Lipinski definition) is 1. The predicted octanol–water partition coefficient (Wildman–Crippen LogP) is 2.99. The molecule has 0 aliphatic carbocycles. The molecule has 0 bridgehead atoms. The van der Waals surface area contributed by atoms with Gasteiger partial charge in [-0.15, -0.1) is 0 Å². The van der Waals surface area contributed by atoms with E-state index >= 15 is 0 Å². The normalized spacial score (nSPS) is 18.9. The molecule has 1 fully saturated rings. The van der Waals surface area contributed by atoms with Gasteiger partial charge in [0.25, 0.3) is 0 Å². The third kappa shape index (κ3) is 4.44. The molecule has 112 valence electrons. The van der Waals surface area contributed by atoms with Gasteiger partial charge in [-0.1, -0.05) is 20.8 Å². The first kappa shape index (κ1) is 15.2. The number of rotatable bonds is 5. The molecule has 1 aliphatic rings. The Labute approximate surface area is 123 Å². The Morgan fingerprint density at radius 3 is 2.65 bits per heavy atom. The van der Waals surface area contributed by atoms with Crippen LogP contribution in [-0.2, 0) is 6.54 Å². The van der Waals surface area contributed by atoms with Gasteiger partial charge in [-0.05, 0) is 37.6 Å². The average molecular weight is 276 g/mol. The van der Waals surface area contributed by atoms with Crippen molar-refractivity contribution in [2.24, 2.45) is 5.41 Å². The van der Waals surface area contributed by atoms with Crippen LogP contribution in [0.2, 0.25) is 0 Å². The highest BCUT2D eigenvalue weighted by molar-refractivity contribution is 5.30. The van der Waals surface area contributed by atoms with E-state index in [1.54, 1.807) is 0 Å². The van der Waals surface area contributed by atoms with Crippen LogP contribution >= 0.6 is 0 Å². The Bertz CT molecular complexity index is 399. The summed E-state index contributed by atoms with van der Waals surface area (Å²) in [5, 5.41) is 3.38. The lowest BCUT2D eigenvalue weighted by atomic mass is 9.85. The van der Waals surface area contributed by atoms with E-state index in [1.807, 2.05) is 12.4 Å². The average Bonchev–Trinajstić information content (AvgIpc) is 2.61. The third-order valence-electron chi connectivity index (χ3n) is 4.07. The summed E-state index contributed by atoms with van der Waals surface area (Å²) in [7, 11) is 0. The monoisotopic (exact) mass is 276 g/mol. The van der Waals surface area contributed by atoms with Crippen LogP contribution in [0.4, 0.5) is 5.95 Å². The minimum Gasteiger partial charge on any atom is -0.341 e. The summed E-state index contributed by atoms with van der Waals surface area (Å²) in [5.74, 6) is 0.891. The van der Waals surface area contributed by atoms with Crippen LogP contribution in [0.15, 0.2) is 12.4 Å². The fraction of sp³-hybridized carbons (Fsp3) is 0.750. The first-order valence-corrected chi connectivity index (χ1v) is 7.87. The second-order valence-electron chi connectivity index (χ2n) is 6.57. The fourth-order valence-electron chi connectivity index (χ4n) is 2.63. The van der Waals surface area contributed by atoms with Crippen molar-refractivity contribution in [1.82, 2.24) is 15.3 Å². The van der Waals surface area contributed by atoms with Crippen molar-refractivity contribution in [1.29, 1.82) is 0 Å². The lowest BCUT2D eigenvalue weighted by Gasteiger charge is -2.23. The molecule has 1 aliphatic heterocycles. The minimum atomic E-state index is 0.457. The Morgan fingerprint density at radius 1 is 1.20 bits per heavy atom. The summed E-state index contributed by atoms with van der Waals surface area (Å²) in [6.07, 6.45) is 8.82. The molecule has 1 N–H and O–H groups in total. The van der Waals surface area contributed by atoms with Gasteiger partial charge in [-0.3, -0.25) is 0 Å². The molecule has 0 spiro atoms. The lowest BCUT2D eigenvalue weighted by Crippen LogP contribution is -2.27. The van der Waals surface area contributed by atoms with Crippen LogP contribution in [0.3, 0.4) is 0 Å². The Kier molecular flexibility index (Phi) is 5.35. The molecule has 0 aromatic carbocycles. The molecule has 1 saturated heterocycles. The quantitative estimate of drug-likeness (QED) is 0.839. The zero-order valence-corrected chi connectivity index (χ0v) is 13.2. The van der Waals surface area contributed by atoms with Gasteiger partial charge in [0.05, 0.1) is 0 Å². The van der Waals surface area contributed by atoms with Crippen LogP contribution in [0, 0.1) is 5.41 Å². The van der Waals surface area contributed by atoms with Gasteiger partial charge < -0.3 is 10.2 Å². The van der Waals surface area contributed by atoms with Crippen molar-refractivity contribution in [3.63, 3.8) is 0 Å². The first-order valence-electron chi connectivity index (χ1n) is 7.87. The van der Waals surface area contributed by atoms with Crippen LogP contribution in [0.25, 0.3) is 0 Å². The molecule has 2 heterocycles. The standard InChI is InChI=1S/C16H28N4/c1-4-8-17-11-14-12-18-15(19-13-14)20-9-5-6-16(2,3)7-10-20/h12-13,17H,4-11H2,1-3H3. The highest BCUT2D eigenvalue weighted by atomic mass is 15.2. The summed E-state index contributed by atoms with van der Waals surface area (Å²) in [6.45, 7) is 11.0. The Morgan fingerprint density at radius 2 is 1.95 bits per heavy atom. The molecule has 1 aromatic heterocycles. The number of hydrogen-bond acceptors (Lipinski definition) is 4. The molecule has 4 nitrogen and oxygen atoms in total. The van der Waals surface area contributed by atoms with Crippen molar-refractivity contribution in [2.45, 2.75) is 53.0 Å². The third-order valence-corrected chi connectivity index (χ3v) is 4.07. The second-order valence-corrected chi connectivity index (χ2v) is 6.57. The van der Waals surface area contributed by atoms with Gasteiger partial charge in [0.2, 0.25) is 5.95 Å². The lowest BCUT2D eigenvalue weighted by molar-refractivity contribution is 0.325. The zero-order valence-electron chi connectivity index (χ0n) is 13.2. The number of anilines is 1. The molecule has 2 rings (SSSR count). The fourth-order valence-corrected chi connectivity index (χ4v) is 2.63. The highest BCUT2D eigenvalue weighted by Crippen LogP contribution is 2.30. The van der Waals surface area contributed by atoms with Crippen LogP contribution in [-0.4, -0.2) is 29.6 Å². The highest BCUT2D eigenvalue weighted by Gasteiger charge is 2.23. The van der Waals surface area contributed by atoms with Gasteiger partial charge >= 0.3 is 0 Å². The van der Waals surface area contributed by atoms with Crippen molar-refractivity contribution in [2.75, 3.05) is 24.5 Å². The Balaban J connectivity index is 1.92. The molecule has 0 saturated carbocycles. The SMILES string of the molecule is CCCNCc1cnc(N2CCCC(C)(C)CC2)nc1. The largest absolute Gasteiger partial charge is 0.341 e. The molecular weight excluding hydrogens is 248 g/mol. The van der Waals surface area contributed by atoms with E-state index in [2.05, 4.69) is 41.0 Å². The van der Waals surface area contributed by atoms with Gasteiger partial charge in [0, 0.05) is 37.6 Å². The number of aromatic nitrogens is 2. The van der Waals surface area contributed by atoms with Gasteiger partial charge in [0.15, 0.2) is 0 Å². The maximum absolute atomic E-state index is 4.55. The molecular formula is C16H28N4. The van der Waals surface area contributed by atoms with Crippen molar-refractivity contribution in [3.05, 3.63) is 18.0 Å². The van der Waals surface area contributed by atoms with Gasteiger partial charge in [0.1, 0.15) is 0 Å². The van der Waals surface area contributed by atoms with Crippen molar-refractivity contribution < 1.29 is 0 Å². The maximum Gasteiger partial charge on any atom is 0.225 e. The van der Waals surface area contributed by atoms with Crippen molar-refractivity contribution >= 4 is 5.95 Å². The van der Waals surface area contributed by atoms with Crippen LogP contribution in [0.5, 0.6) is 0 Å². The van der Waals surface area contributed by atoms with Gasteiger partial charge in [-0.2, -0.15) is 0 Å². The van der Waals surface area contributed by atoms with E-state index in [1.165, 1.54) is 19.3 Å². The summed E-state index contributed by atoms with van der Waals surface area (Å²) in [4.78, 5) is 11.4. The smallest absolute Gasteiger partial charge is 0.225 e. The molecule has 20 heavy (non-hydrogen) atoms. The van der Waals surface area contributed by atoms with E-state index < -0.39 is 0 Å². The van der Waals surface area contributed by atoms with Crippen molar-refractivity contribution in [3.8, 4) is 0 Å². The maximum atomic E-state index is 4.55. The number of nitrogens with zero attached hydrogens (tertiary/aromatic N) is 3. The summed E-state index contributed by atoms with van der Waals surface area (Å²) in [6, 6.07) is 0. The minimum absolute atomic E-state index is 0.457. The summed E-state index contributed by atoms with van der Waals surface area (Å²) >= 11 is 0. The molecule has 4 heteroatoms. The van der Waals surface area contributed by atoms with Crippen LogP contribution < -0.4 is 10.2 Å². The van der Waals surface area contributed by atoms with E-state index in [0.717, 1.165) is 44.1 Å². The van der Waals surface area contributed by atoms with Crippen LogP contribution in [0.1, 0.15) is 52.0 Å². The zero-order chi connectivity index (χ0) is 14.4. The molecule has 1 aromatic rings. The van der Waals surface area contributed by atoms with E-state index in [0.29, 0.717) is 5.41 Å². The topological polar surface area (TPSA) is 41.1 Å². The first-order chi connectivity index (χ1) is 9.61. The molecule has 0 atom stereocenters. The molecule has 0 amide bonds. The van der Waals surface area contributed by atoms with E-state index in [9.17, 15) is 0 Å². The van der Waals surface area contributed by atoms with E-state index in [4.69, 9.17) is 0 Å². The summed E-state index contributed by atoms with van der Waals surface area (Å²) in [5.41, 5.74) is 1.62. The Hall–Kier alpha value is -1.16. The molecule has 0 unspecified atom stereocenters. The number of nitrogens with one attached hydrogen (secondary N) is 1. The second kappa shape index (κ2) is 7.02. The summed E-state index contributed by atoms with van der Waals surface area (Å²) < 4.78 is 0. The van der Waals surface area contributed by atoms with E-state index in [-0.39, 0.29) is 0 Å². The van der Waals surface area contributed by atoms with Gasteiger partial charge in [-0.25, -0.2) is 9.97 Å².